The summed E-state index contributed by atoms with van der Waals surface area (Å²) in [6, 6.07) is 2.37. The first kappa shape index (κ1) is 15.8. The summed E-state index contributed by atoms with van der Waals surface area (Å²) < 4.78 is 2.20. The topological polar surface area (TPSA) is 37.3 Å². The van der Waals surface area contributed by atoms with Gasteiger partial charge in [0.15, 0.2) is 0 Å². The maximum atomic E-state index is 12.2. The Hall–Kier alpha value is -1.29. The van der Waals surface area contributed by atoms with Gasteiger partial charge in [0.1, 0.15) is 0 Å². The van der Waals surface area contributed by atoms with Gasteiger partial charge in [0.2, 0.25) is 0 Å². The summed E-state index contributed by atoms with van der Waals surface area (Å²) in [6.07, 6.45) is 0.974. The van der Waals surface area contributed by atoms with Crippen LogP contribution in [0, 0.1) is 13.8 Å². The van der Waals surface area contributed by atoms with Gasteiger partial charge < -0.3 is 14.8 Å². The van der Waals surface area contributed by atoms with Gasteiger partial charge in [-0.15, -0.1) is 0 Å². The summed E-state index contributed by atoms with van der Waals surface area (Å²) in [5.41, 5.74) is 3.00. The quantitative estimate of drug-likeness (QED) is 0.802. The Morgan fingerprint density at radius 1 is 1.37 bits per heavy atom. The molecular weight excluding hydrogens is 238 g/mol. The molecule has 1 rings (SSSR count). The first-order chi connectivity index (χ1) is 8.84. The monoisotopic (exact) mass is 265 g/mol. The molecule has 1 aromatic rings. The highest BCUT2D eigenvalue weighted by Gasteiger charge is 2.16. The van der Waals surface area contributed by atoms with Crippen molar-refractivity contribution in [3.05, 3.63) is 23.0 Å². The predicted octanol–water partition coefficient (Wildman–Crippen LogP) is 2.37. The molecule has 0 atom stereocenters. The van der Waals surface area contributed by atoms with Crippen molar-refractivity contribution in [3.63, 3.8) is 0 Å². The lowest BCUT2D eigenvalue weighted by molar-refractivity contribution is 0.0951. The molecule has 19 heavy (non-hydrogen) atoms. The molecule has 1 heterocycles. The summed E-state index contributed by atoms with van der Waals surface area (Å²) >= 11 is 0. The van der Waals surface area contributed by atoms with Gasteiger partial charge in [-0.2, -0.15) is 0 Å². The molecule has 108 valence electrons. The zero-order valence-corrected chi connectivity index (χ0v) is 13.1. The van der Waals surface area contributed by atoms with Crippen molar-refractivity contribution < 1.29 is 4.79 Å². The molecule has 0 spiro atoms. The molecule has 0 aliphatic carbocycles. The van der Waals surface area contributed by atoms with Crippen LogP contribution in [0.4, 0.5) is 0 Å². The molecule has 4 nitrogen and oxygen atoms in total. The standard InChI is InChI=1S/C15H27N3O/c1-11(2)18-12(3)10-14(13(18)4)15(19)16-8-7-9-17(5)6/h10-11H,7-9H2,1-6H3,(H,16,19). The Kier molecular flexibility index (Phi) is 5.60. The third-order valence-corrected chi connectivity index (χ3v) is 3.31. The molecule has 0 saturated carbocycles. The zero-order valence-electron chi connectivity index (χ0n) is 13.1. The SMILES string of the molecule is Cc1cc(C(=O)NCCCN(C)C)c(C)n1C(C)C. The minimum Gasteiger partial charge on any atom is -0.352 e. The number of hydrogen-bond acceptors (Lipinski definition) is 2. The van der Waals surface area contributed by atoms with Crippen LogP contribution >= 0.6 is 0 Å². The zero-order chi connectivity index (χ0) is 14.6. The van der Waals surface area contributed by atoms with Crippen molar-refractivity contribution in [1.82, 2.24) is 14.8 Å². The molecule has 4 heteroatoms. The number of carbonyl (C=O) groups excluding carboxylic acids is 1. The average molecular weight is 265 g/mol. The van der Waals surface area contributed by atoms with Crippen LogP contribution in [0.3, 0.4) is 0 Å². The Morgan fingerprint density at radius 2 is 2.00 bits per heavy atom. The molecule has 0 aliphatic heterocycles. The van der Waals surface area contributed by atoms with E-state index in [0.717, 1.165) is 36.5 Å². The van der Waals surface area contributed by atoms with E-state index in [0.29, 0.717) is 6.04 Å². The van der Waals surface area contributed by atoms with E-state index < -0.39 is 0 Å². The van der Waals surface area contributed by atoms with Crippen LogP contribution in [0.2, 0.25) is 0 Å². The largest absolute Gasteiger partial charge is 0.352 e. The highest BCUT2D eigenvalue weighted by atomic mass is 16.1. The third-order valence-electron chi connectivity index (χ3n) is 3.31. The van der Waals surface area contributed by atoms with Crippen molar-refractivity contribution in [2.75, 3.05) is 27.2 Å². The van der Waals surface area contributed by atoms with Gasteiger partial charge in [-0.3, -0.25) is 4.79 Å². The summed E-state index contributed by atoms with van der Waals surface area (Å²) in [5, 5.41) is 3.00. The van der Waals surface area contributed by atoms with E-state index in [9.17, 15) is 4.79 Å². The number of rotatable bonds is 6. The van der Waals surface area contributed by atoms with Gasteiger partial charge in [0.25, 0.3) is 5.91 Å². The van der Waals surface area contributed by atoms with Crippen LogP contribution in [0.15, 0.2) is 6.07 Å². The van der Waals surface area contributed by atoms with Gasteiger partial charge in [0.05, 0.1) is 5.56 Å². The highest BCUT2D eigenvalue weighted by molar-refractivity contribution is 5.95. The van der Waals surface area contributed by atoms with Gasteiger partial charge in [-0.25, -0.2) is 0 Å². The van der Waals surface area contributed by atoms with E-state index >= 15 is 0 Å². The minimum atomic E-state index is 0.0405. The second-order valence-electron chi connectivity index (χ2n) is 5.66. The molecule has 1 N–H and O–H groups in total. The fourth-order valence-corrected chi connectivity index (χ4v) is 2.49. The molecule has 0 bridgehead atoms. The second kappa shape index (κ2) is 6.75. The normalized spacial score (nSPS) is 11.4. The van der Waals surface area contributed by atoms with Crippen LogP contribution in [0.1, 0.15) is 48.1 Å². The first-order valence-electron chi connectivity index (χ1n) is 6.96. The van der Waals surface area contributed by atoms with Crippen LogP contribution in [-0.2, 0) is 0 Å². The van der Waals surface area contributed by atoms with E-state index in [-0.39, 0.29) is 5.91 Å². The van der Waals surface area contributed by atoms with Gasteiger partial charge >= 0.3 is 0 Å². The van der Waals surface area contributed by atoms with Crippen LogP contribution in [0.5, 0.6) is 0 Å². The maximum absolute atomic E-state index is 12.2. The Bertz CT molecular complexity index is 433. The van der Waals surface area contributed by atoms with Crippen LogP contribution in [0.25, 0.3) is 0 Å². The van der Waals surface area contributed by atoms with Gasteiger partial charge in [-0.1, -0.05) is 0 Å². The highest BCUT2D eigenvalue weighted by Crippen LogP contribution is 2.19. The number of aromatic nitrogens is 1. The number of amides is 1. The molecule has 0 radical (unpaired) electrons. The van der Waals surface area contributed by atoms with Crippen molar-refractivity contribution >= 4 is 5.91 Å². The summed E-state index contributed by atoms with van der Waals surface area (Å²) in [4.78, 5) is 14.3. The lowest BCUT2D eigenvalue weighted by Crippen LogP contribution is -2.27. The number of aryl methyl sites for hydroxylation is 1. The number of hydrogen-bond donors (Lipinski definition) is 1. The molecule has 1 amide bonds. The molecule has 0 aliphatic rings. The van der Waals surface area contributed by atoms with Crippen molar-refractivity contribution in [3.8, 4) is 0 Å². The molecule has 0 unspecified atom stereocenters. The van der Waals surface area contributed by atoms with Gasteiger partial charge in [-0.05, 0) is 60.8 Å². The van der Waals surface area contributed by atoms with E-state index in [1.165, 1.54) is 0 Å². The van der Waals surface area contributed by atoms with Gasteiger partial charge in [0, 0.05) is 24.0 Å². The fourth-order valence-electron chi connectivity index (χ4n) is 2.49. The fraction of sp³-hybridized carbons (Fsp3) is 0.667. The average Bonchev–Trinajstić information content (AvgIpc) is 2.59. The molecule has 0 fully saturated rings. The van der Waals surface area contributed by atoms with E-state index in [4.69, 9.17) is 0 Å². The number of nitrogens with one attached hydrogen (secondary N) is 1. The summed E-state index contributed by atoms with van der Waals surface area (Å²) in [7, 11) is 4.08. The summed E-state index contributed by atoms with van der Waals surface area (Å²) in [5.74, 6) is 0.0405. The first-order valence-corrected chi connectivity index (χ1v) is 6.96. The lowest BCUT2D eigenvalue weighted by atomic mass is 10.2. The number of carbonyl (C=O) groups is 1. The molecule has 0 saturated heterocycles. The van der Waals surface area contributed by atoms with E-state index in [1.807, 2.05) is 27.1 Å². The Labute approximate surface area is 116 Å². The van der Waals surface area contributed by atoms with Crippen molar-refractivity contribution in [2.24, 2.45) is 0 Å². The number of nitrogens with zero attached hydrogens (tertiary/aromatic N) is 2. The molecular formula is C15H27N3O. The summed E-state index contributed by atoms with van der Waals surface area (Å²) in [6.45, 7) is 10.1. The second-order valence-corrected chi connectivity index (χ2v) is 5.66. The smallest absolute Gasteiger partial charge is 0.253 e. The third kappa shape index (κ3) is 4.10. The van der Waals surface area contributed by atoms with Crippen molar-refractivity contribution in [1.29, 1.82) is 0 Å². The maximum Gasteiger partial charge on any atom is 0.253 e. The van der Waals surface area contributed by atoms with E-state index in [2.05, 4.69) is 35.6 Å². The van der Waals surface area contributed by atoms with Crippen molar-refractivity contribution in [2.45, 2.75) is 40.2 Å². The van der Waals surface area contributed by atoms with Crippen LogP contribution < -0.4 is 5.32 Å². The minimum absolute atomic E-state index is 0.0405. The van der Waals surface area contributed by atoms with E-state index in [1.54, 1.807) is 0 Å². The molecule has 0 aromatic carbocycles. The Balaban J connectivity index is 2.65. The van der Waals surface area contributed by atoms with Crippen LogP contribution in [-0.4, -0.2) is 42.6 Å². The predicted molar refractivity (Wildman–Crippen MR) is 79.8 cm³/mol. The molecule has 1 aromatic heterocycles. The Morgan fingerprint density at radius 3 is 2.47 bits per heavy atom. The lowest BCUT2D eigenvalue weighted by Gasteiger charge is -2.14.